The molecule has 0 radical (unpaired) electrons. The molecule has 138 valence electrons. The highest BCUT2D eigenvalue weighted by Gasteiger charge is 2.38. The van der Waals surface area contributed by atoms with Gasteiger partial charge in [0.2, 0.25) is 0 Å². The smallest absolute Gasteiger partial charge is 0.475 e. The number of rotatable bonds is 6. The number of hydrogen-bond donors (Lipinski definition) is 4. The van der Waals surface area contributed by atoms with Crippen molar-refractivity contribution in [1.82, 2.24) is 5.32 Å². The maximum absolute atomic E-state index is 12.9. The van der Waals surface area contributed by atoms with E-state index in [9.17, 15) is 27.1 Å². The van der Waals surface area contributed by atoms with Crippen molar-refractivity contribution in [2.24, 2.45) is 5.73 Å². The minimum atomic E-state index is -5.08. The second-order valence-corrected chi connectivity index (χ2v) is 5.02. The van der Waals surface area contributed by atoms with Gasteiger partial charge in [-0.25, -0.2) is 13.6 Å². The van der Waals surface area contributed by atoms with Crippen LogP contribution in [0.15, 0.2) is 30.3 Å². The number of aliphatic hydroxyl groups excluding tert-OH is 1. The van der Waals surface area contributed by atoms with Crippen molar-refractivity contribution in [3.05, 3.63) is 35.9 Å². The summed E-state index contributed by atoms with van der Waals surface area (Å²) in [7, 11) is 0. The molecular formula is C14H19F5N2O3. The third-order valence-corrected chi connectivity index (χ3v) is 3.04. The van der Waals surface area contributed by atoms with Crippen LogP contribution in [0.25, 0.3) is 0 Å². The van der Waals surface area contributed by atoms with Gasteiger partial charge in [0.15, 0.2) is 0 Å². The molecular weight excluding hydrogens is 339 g/mol. The van der Waals surface area contributed by atoms with E-state index in [1.807, 2.05) is 6.07 Å². The first-order valence-corrected chi connectivity index (χ1v) is 6.69. The SMILES string of the molecule is CC(CN)(NC(CO)c1ccccc1)C(F)F.O=C(O)C(F)(F)F. The van der Waals surface area contributed by atoms with Gasteiger partial charge in [-0.05, 0) is 12.5 Å². The number of hydrogen-bond acceptors (Lipinski definition) is 4. The first kappa shape index (κ1) is 22.2. The topological polar surface area (TPSA) is 95.6 Å². The quantitative estimate of drug-likeness (QED) is 0.583. The van der Waals surface area contributed by atoms with Gasteiger partial charge in [0.1, 0.15) is 0 Å². The highest BCUT2D eigenvalue weighted by atomic mass is 19.4. The van der Waals surface area contributed by atoms with Crippen LogP contribution in [-0.4, -0.2) is 47.5 Å². The van der Waals surface area contributed by atoms with Gasteiger partial charge >= 0.3 is 12.1 Å². The van der Waals surface area contributed by atoms with Crippen LogP contribution in [-0.2, 0) is 4.79 Å². The number of aliphatic carboxylic acids is 1. The molecule has 0 spiro atoms. The average molecular weight is 358 g/mol. The van der Waals surface area contributed by atoms with Gasteiger partial charge in [0.05, 0.1) is 18.2 Å². The van der Waals surface area contributed by atoms with Crippen LogP contribution >= 0.6 is 0 Å². The predicted molar refractivity (Wildman–Crippen MR) is 76.6 cm³/mol. The summed E-state index contributed by atoms with van der Waals surface area (Å²) in [4.78, 5) is 8.90. The van der Waals surface area contributed by atoms with E-state index in [2.05, 4.69) is 5.32 Å². The summed E-state index contributed by atoms with van der Waals surface area (Å²) in [5.41, 5.74) is 4.63. The van der Waals surface area contributed by atoms with Gasteiger partial charge < -0.3 is 15.9 Å². The molecule has 24 heavy (non-hydrogen) atoms. The van der Waals surface area contributed by atoms with E-state index in [1.54, 1.807) is 24.3 Å². The molecule has 0 aliphatic rings. The van der Waals surface area contributed by atoms with E-state index in [4.69, 9.17) is 15.6 Å². The lowest BCUT2D eigenvalue weighted by Crippen LogP contribution is -2.55. The zero-order chi connectivity index (χ0) is 19.0. The Kier molecular flexibility index (Phi) is 8.80. The summed E-state index contributed by atoms with van der Waals surface area (Å²) < 4.78 is 57.5. The van der Waals surface area contributed by atoms with E-state index in [0.29, 0.717) is 0 Å². The molecule has 0 fully saturated rings. The van der Waals surface area contributed by atoms with E-state index >= 15 is 0 Å². The summed E-state index contributed by atoms with van der Waals surface area (Å²) in [6.07, 6.45) is -7.68. The lowest BCUT2D eigenvalue weighted by atomic mass is 9.99. The summed E-state index contributed by atoms with van der Waals surface area (Å²) in [6.45, 7) is 0.892. The van der Waals surface area contributed by atoms with Gasteiger partial charge in [0, 0.05) is 6.54 Å². The summed E-state index contributed by atoms with van der Waals surface area (Å²) in [6, 6.07) is 8.42. The van der Waals surface area contributed by atoms with Gasteiger partial charge in [-0.15, -0.1) is 0 Å². The Bertz CT molecular complexity index is 499. The highest BCUT2D eigenvalue weighted by Crippen LogP contribution is 2.20. The van der Waals surface area contributed by atoms with Crippen molar-refractivity contribution in [1.29, 1.82) is 0 Å². The Hall–Kier alpha value is -1.78. The van der Waals surface area contributed by atoms with Crippen molar-refractivity contribution < 1.29 is 37.0 Å². The molecule has 1 aromatic rings. The van der Waals surface area contributed by atoms with Crippen molar-refractivity contribution in [2.45, 2.75) is 31.1 Å². The van der Waals surface area contributed by atoms with E-state index in [0.717, 1.165) is 5.56 Å². The van der Waals surface area contributed by atoms with Gasteiger partial charge in [-0.3, -0.25) is 5.32 Å². The van der Waals surface area contributed by atoms with Crippen molar-refractivity contribution >= 4 is 5.97 Å². The second-order valence-electron chi connectivity index (χ2n) is 5.02. The largest absolute Gasteiger partial charge is 0.490 e. The molecule has 0 heterocycles. The predicted octanol–water partition coefficient (Wildman–Crippen LogP) is 1.93. The fourth-order valence-electron chi connectivity index (χ4n) is 1.53. The van der Waals surface area contributed by atoms with Gasteiger partial charge in [-0.1, -0.05) is 30.3 Å². The molecule has 5 nitrogen and oxygen atoms in total. The normalized spacial score (nSPS) is 15.2. The zero-order valence-electron chi connectivity index (χ0n) is 12.7. The molecule has 0 aromatic heterocycles. The Labute approximate surface area is 135 Å². The molecule has 2 atom stereocenters. The lowest BCUT2D eigenvalue weighted by molar-refractivity contribution is -0.192. The lowest BCUT2D eigenvalue weighted by Gasteiger charge is -2.33. The fourth-order valence-corrected chi connectivity index (χ4v) is 1.53. The molecule has 0 aliphatic heterocycles. The molecule has 0 amide bonds. The highest BCUT2D eigenvalue weighted by molar-refractivity contribution is 5.73. The summed E-state index contributed by atoms with van der Waals surface area (Å²) in [5.74, 6) is -2.76. The molecule has 0 saturated carbocycles. The third kappa shape index (κ3) is 7.20. The maximum atomic E-state index is 12.9. The van der Waals surface area contributed by atoms with Crippen molar-refractivity contribution in [3.8, 4) is 0 Å². The van der Waals surface area contributed by atoms with Crippen LogP contribution in [0, 0.1) is 0 Å². The summed E-state index contributed by atoms with van der Waals surface area (Å²) >= 11 is 0. The second kappa shape index (κ2) is 9.50. The molecule has 0 aliphatic carbocycles. The fraction of sp³-hybridized carbons (Fsp3) is 0.500. The Morgan fingerprint density at radius 3 is 2.00 bits per heavy atom. The van der Waals surface area contributed by atoms with Crippen LogP contribution in [0.1, 0.15) is 18.5 Å². The molecule has 0 bridgehead atoms. The molecule has 5 N–H and O–H groups in total. The van der Waals surface area contributed by atoms with Crippen LogP contribution in [0.5, 0.6) is 0 Å². The van der Waals surface area contributed by atoms with E-state index < -0.39 is 30.2 Å². The van der Waals surface area contributed by atoms with Crippen LogP contribution < -0.4 is 11.1 Å². The van der Waals surface area contributed by atoms with Gasteiger partial charge in [-0.2, -0.15) is 13.2 Å². The van der Waals surface area contributed by atoms with Crippen molar-refractivity contribution in [2.75, 3.05) is 13.2 Å². The molecule has 2 unspecified atom stereocenters. The number of benzene rings is 1. The minimum Gasteiger partial charge on any atom is -0.475 e. The standard InChI is InChI=1S/C12H18F2N2O.C2HF3O2/c1-12(8-15,11(13)14)16-10(7-17)9-5-3-2-4-6-9;3-2(4,5)1(6)7/h2-6,10-11,16-17H,7-8,15H2,1H3;(H,6,7). The number of carboxylic acid groups (broad SMARTS) is 1. The van der Waals surface area contributed by atoms with Crippen LogP contribution in [0.2, 0.25) is 0 Å². The minimum absolute atomic E-state index is 0.200. The Morgan fingerprint density at radius 2 is 1.71 bits per heavy atom. The number of nitrogens with two attached hydrogens (primary N) is 1. The molecule has 0 saturated heterocycles. The first-order valence-electron chi connectivity index (χ1n) is 6.69. The number of nitrogens with one attached hydrogen (secondary N) is 1. The number of carboxylic acids is 1. The number of halogens is 5. The average Bonchev–Trinajstić information content (AvgIpc) is 2.52. The molecule has 1 aromatic carbocycles. The molecule has 1 rings (SSSR count). The monoisotopic (exact) mass is 358 g/mol. The third-order valence-electron chi connectivity index (χ3n) is 3.04. The number of aliphatic hydroxyl groups is 1. The summed E-state index contributed by atoms with van der Waals surface area (Å²) in [5, 5.41) is 19.1. The van der Waals surface area contributed by atoms with Crippen molar-refractivity contribution in [3.63, 3.8) is 0 Å². The van der Waals surface area contributed by atoms with Gasteiger partial charge in [0.25, 0.3) is 6.43 Å². The number of carbonyl (C=O) groups is 1. The van der Waals surface area contributed by atoms with Crippen LogP contribution in [0.3, 0.4) is 0 Å². The van der Waals surface area contributed by atoms with E-state index in [1.165, 1.54) is 6.92 Å². The molecule has 10 heteroatoms. The number of alkyl halides is 5. The first-order chi connectivity index (χ1) is 11.0. The zero-order valence-corrected chi connectivity index (χ0v) is 12.7. The van der Waals surface area contributed by atoms with Crippen LogP contribution in [0.4, 0.5) is 22.0 Å². The maximum Gasteiger partial charge on any atom is 0.490 e. The Balaban J connectivity index is 0.000000640. The Morgan fingerprint density at radius 1 is 1.25 bits per heavy atom. The van der Waals surface area contributed by atoms with E-state index in [-0.39, 0.29) is 13.2 Å².